The maximum atomic E-state index is 13.3. The second-order valence-corrected chi connectivity index (χ2v) is 13.9. The van der Waals surface area contributed by atoms with Crippen molar-refractivity contribution in [1.82, 2.24) is 9.62 Å². The Bertz CT molecular complexity index is 1210. The highest BCUT2D eigenvalue weighted by Gasteiger charge is 2.50. The molecule has 3 amide bonds. The van der Waals surface area contributed by atoms with Crippen LogP contribution in [0.25, 0.3) is 0 Å². The number of carbonyl (C=O) groups is 2. The van der Waals surface area contributed by atoms with Gasteiger partial charge in [0.05, 0.1) is 5.75 Å². The number of rotatable bonds is 6. The zero-order valence-corrected chi connectivity index (χ0v) is 23.6. The topological polar surface area (TPSA) is 125 Å². The first-order chi connectivity index (χ1) is 18.0. The summed E-state index contributed by atoms with van der Waals surface area (Å²) in [5.74, 6) is 2.45. The van der Waals surface area contributed by atoms with Gasteiger partial charge in [0.2, 0.25) is 10.0 Å². The summed E-state index contributed by atoms with van der Waals surface area (Å²) in [7, 11) is -1.88. The summed E-state index contributed by atoms with van der Waals surface area (Å²) in [6.45, 7) is 4.47. The van der Waals surface area contributed by atoms with Crippen LogP contribution in [0.15, 0.2) is 17.1 Å². The average Bonchev–Trinajstić information content (AvgIpc) is 3.17. The summed E-state index contributed by atoms with van der Waals surface area (Å²) < 4.78 is 28.1. The Morgan fingerprint density at radius 3 is 2.18 bits per heavy atom. The number of piperidine rings is 1. The molecule has 3 N–H and O–H groups in total. The van der Waals surface area contributed by atoms with E-state index in [0.717, 1.165) is 22.5 Å². The number of nitrogens with one attached hydrogen (secondary N) is 1. The average molecular weight is 544 g/mol. The van der Waals surface area contributed by atoms with Gasteiger partial charge in [0, 0.05) is 31.7 Å². The number of anilines is 1. The van der Waals surface area contributed by atoms with Gasteiger partial charge in [0.25, 0.3) is 5.91 Å². The Kier molecular flexibility index (Phi) is 7.32. The number of amides is 3. The summed E-state index contributed by atoms with van der Waals surface area (Å²) in [6.07, 6.45) is 8.67. The first kappa shape index (κ1) is 27.1. The van der Waals surface area contributed by atoms with Crippen molar-refractivity contribution < 1.29 is 18.0 Å². The zero-order chi connectivity index (χ0) is 27.2. The Balaban J connectivity index is 1.24. The molecule has 208 valence electrons. The maximum absolute atomic E-state index is 13.3. The van der Waals surface area contributed by atoms with Crippen LogP contribution in [-0.4, -0.2) is 61.9 Å². The lowest BCUT2D eigenvalue weighted by Gasteiger charge is -2.42. The summed E-state index contributed by atoms with van der Waals surface area (Å²) >= 11 is 0. The predicted octanol–water partition coefficient (Wildman–Crippen LogP) is 3.27. The monoisotopic (exact) mass is 543 g/mol. The van der Waals surface area contributed by atoms with Crippen molar-refractivity contribution in [2.24, 2.45) is 28.5 Å². The van der Waals surface area contributed by atoms with E-state index in [1.807, 2.05) is 26.0 Å². The number of carbonyl (C=O) groups excluding carboxylic acids is 2. The number of nitrogens with zero attached hydrogens (tertiary/aromatic N) is 3. The maximum Gasteiger partial charge on any atom is 0.318 e. The molecule has 2 saturated carbocycles. The van der Waals surface area contributed by atoms with Crippen LogP contribution in [0.3, 0.4) is 0 Å². The number of nitrogens with two attached hydrogens (primary N) is 1. The molecule has 2 aliphatic heterocycles. The SMILES string of the molecule is Cc1cc(N(C)C(N)=O)cc(C)c1CCS(=O)(=O)N1CCC2(CC1)N=C(C1C3CCCC1CCC3)NC2=O. The van der Waals surface area contributed by atoms with Gasteiger partial charge in [0.15, 0.2) is 0 Å². The molecule has 4 aliphatic rings. The summed E-state index contributed by atoms with van der Waals surface area (Å²) in [4.78, 5) is 31.1. The second-order valence-electron chi connectivity index (χ2n) is 11.8. The van der Waals surface area contributed by atoms with Crippen LogP contribution < -0.4 is 16.0 Å². The third-order valence-corrected chi connectivity index (χ3v) is 11.5. The molecule has 2 heterocycles. The molecule has 0 atom stereocenters. The minimum Gasteiger partial charge on any atom is -0.351 e. The van der Waals surface area contributed by atoms with Gasteiger partial charge in [-0.25, -0.2) is 17.5 Å². The van der Waals surface area contributed by atoms with Crippen LogP contribution in [-0.2, 0) is 21.2 Å². The Morgan fingerprint density at radius 2 is 1.66 bits per heavy atom. The van der Waals surface area contributed by atoms with Crippen molar-refractivity contribution in [3.8, 4) is 0 Å². The number of hydrogen-bond acceptors (Lipinski definition) is 5. The van der Waals surface area contributed by atoms with Gasteiger partial charge in [0.1, 0.15) is 11.4 Å². The van der Waals surface area contributed by atoms with Gasteiger partial charge in [-0.15, -0.1) is 0 Å². The number of benzene rings is 1. The van der Waals surface area contributed by atoms with Crippen molar-refractivity contribution in [2.75, 3.05) is 30.8 Å². The summed E-state index contributed by atoms with van der Waals surface area (Å²) in [6, 6.07) is 3.18. The first-order valence-electron chi connectivity index (χ1n) is 14.0. The fraction of sp³-hybridized carbons (Fsp3) is 0.679. The molecule has 1 aromatic carbocycles. The number of urea groups is 1. The van der Waals surface area contributed by atoms with Crippen molar-refractivity contribution >= 4 is 33.5 Å². The van der Waals surface area contributed by atoms with Gasteiger partial charge >= 0.3 is 6.03 Å². The lowest BCUT2D eigenvalue weighted by atomic mass is 9.64. The molecule has 0 aromatic heterocycles. The molecule has 1 aromatic rings. The molecular formula is C28H41N5O4S. The molecule has 38 heavy (non-hydrogen) atoms. The normalized spacial score (nSPS) is 27.2. The van der Waals surface area contributed by atoms with Crippen LogP contribution in [0, 0.1) is 31.6 Å². The molecule has 0 unspecified atom stereocenters. The second kappa shape index (κ2) is 10.3. The van der Waals surface area contributed by atoms with Gasteiger partial charge in [-0.3, -0.25) is 14.7 Å². The third-order valence-electron chi connectivity index (χ3n) is 9.58. The van der Waals surface area contributed by atoms with E-state index in [4.69, 9.17) is 10.7 Å². The fourth-order valence-electron chi connectivity index (χ4n) is 7.34. The van der Waals surface area contributed by atoms with Gasteiger partial charge in [-0.2, -0.15) is 0 Å². The smallest absolute Gasteiger partial charge is 0.318 e. The van der Waals surface area contributed by atoms with Crippen molar-refractivity contribution in [3.63, 3.8) is 0 Å². The lowest BCUT2D eigenvalue weighted by Crippen LogP contribution is -2.51. The lowest BCUT2D eigenvalue weighted by molar-refractivity contribution is -0.125. The quantitative estimate of drug-likeness (QED) is 0.571. The van der Waals surface area contributed by atoms with E-state index < -0.39 is 21.6 Å². The van der Waals surface area contributed by atoms with E-state index in [0.29, 0.717) is 55.8 Å². The molecule has 2 bridgehead atoms. The highest BCUT2D eigenvalue weighted by atomic mass is 32.2. The number of hydrogen-bond donors (Lipinski definition) is 2. The van der Waals surface area contributed by atoms with E-state index in [1.165, 1.54) is 47.7 Å². The molecule has 9 nitrogen and oxygen atoms in total. The number of aryl methyl sites for hydroxylation is 2. The molecular weight excluding hydrogens is 502 g/mol. The molecule has 3 fully saturated rings. The number of aliphatic imine (C=N–C) groups is 1. The minimum absolute atomic E-state index is 0.00116. The van der Waals surface area contributed by atoms with E-state index in [2.05, 4.69) is 5.32 Å². The van der Waals surface area contributed by atoms with Crippen LogP contribution in [0.1, 0.15) is 68.1 Å². The van der Waals surface area contributed by atoms with Crippen molar-refractivity contribution in [1.29, 1.82) is 0 Å². The Morgan fingerprint density at radius 1 is 1.11 bits per heavy atom. The van der Waals surface area contributed by atoms with E-state index in [1.54, 1.807) is 7.05 Å². The molecule has 1 spiro atoms. The standard InChI is InChI=1S/C28H41N5O4S/c1-18-16-22(32(3)27(29)35)17-19(2)23(18)10-15-38(36,37)33-13-11-28(12-14-33)26(34)30-25(31-28)24-20-6-4-7-21(24)9-5-8-20/h16-17,20-21,24H,4-15H2,1-3H3,(H2,29,35)(H,30,31,34). The van der Waals surface area contributed by atoms with Crippen LogP contribution in [0.5, 0.6) is 0 Å². The fourth-order valence-corrected chi connectivity index (χ4v) is 8.80. The number of fused-ring (bicyclic) bond motifs is 2. The zero-order valence-electron chi connectivity index (χ0n) is 22.8. The number of primary amides is 1. The van der Waals surface area contributed by atoms with Gasteiger partial charge in [-0.05, 0) is 99.5 Å². The predicted molar refractivity (Wildman–Crippen MR) is 149 cm³/mol. The summed E-state index contributed by atoms with van der Waals surface area (Å²) in [5, 5.41) is 3.16. The first-order valence-corrected chi connectivity index (χ1v) is 15.6. The van der Waals surface area contributed by atoms with E-state index in [-0.39, 0.29) is 11.7 Å². The summed E-state index contributed by atoms with van der Waals surface area (Å²) in [5.41, 5.74) is 8.08. The van der Waals surface area contributed by atoms with Crippen molar-refractivity contribution in [3.05, 3.63) is 28.8 Å². The molecule has 5 rings (SSSR count). The Hall–Kier alpha value is -2.46. The minimum atomic E-state index is -3.50. The van der Waals surface area contributed by atoms with Crippen LogP contribution >= 0.6 is 0 Å². The van der Waals surface area contributed by atoms with E-state index >= 15 is 0 Å². The van der Waals surface area contributed by atoms with Gasteiger partial charge in [-0.1, -0.05) is 12.8 Å². The highest BCUT2D eigenvalue weighted by molar-refractivity contribution is 7.89. The van der Waals surface area contributed by atoms with Crippen LogP contribution in [0.2, 0.25) is 0 Å². The van der Waals surface area contributed by atoms with Gasteiger partial charge < -0.3 is 11.1 Å². The molecule has 10 heteroatoms. The molecule has 2 aliphatic carbocycles. The van der Waals surface area contributed by atoms with Crippen LogP contribution in [0.4, 0.5) is 10.5 Å². The number of amidine groups is 1. The van der Waals surface area contributed by atoms with Crippen molar-refractivity contribution in [2.45, 2.75) is 77.2 Å². The molecule has 0 radical (unpaired) electrons. The van der Waals surface area contributed by atoms with E-state index in [9.17, 15) is 18.0 Å². The largest absolute Gasteiger partial charge is 0.351 e. The number of sulfonamides is 1. The molecule has 1 saturated heterocycles. The highest BCUT2D eigenvalue weighted by Crippen LogP contribution is 2.46. The Labute approximate surface area is 226 Å². The third kappa shape index (κ3) is 4.97.